The Kier molecular flexibility index (Phi) is 5.72. The van der Waals surface area contributed by atoms with Gasteiger partial charge in [-0.15, -0.1) is 0 Å². The SMILES string of the molecule is CCOc1cc(CNCc2ccc(F)c(F)c2)ccc1OC. The molecule has 0 spiro atoms. The van der Waals surface area contributed by atoms with Gasteiger partial charge in [-0.2, -0.15) is 0 Å². The van der Waals surface area contributed by atoms with Crippen molar-refractivity contribution in [2.45, 2.75) is 20.0 Å². The van der Waals surface area contributed by atoms with E-state index in [1.807, 2.05) is 25.1 Å². The number of ether oxygens (including phenoxy) is 2. The lowest BCUT2D eigenvalue weighted by Gasteiger charge is -2.11. The average molecular weight is 307 g/mol. The van der Waals surface area contributed by atoms with Crippen LogP contribution in [0.3, 0.4) is 0 Å². The van der Waals surface area contributed by atoms with Gasteiger partial charge in [0, 0.05) is 13.1 Å². The summed E-state index contributed by atoms with van der Waals surface area (Å²) in [6.07, 6.45) is 0. The molecule has 2 aromatic carbocycles. The van der Waals surface area contributed by atoms with Crippen LogP contribution in [0.1, 0.15) is 18.1 Å². The van der Waals surface area contributed by atoms with Crippen molar-refractivity contribution >= 4 is 0 Å². The van der Waals surface area contributed by atoms with E-state index in [2.05, 4.69) is 5.32 Å². The van der Waals surface area contributed by atoms with Gasteiger partial charge in [0.1, 0.15) is 0 Å². The fourth-order valence-electron chi connectivity index (χ4n) is 2.10. The Balaban J connectivity index is 1.96. The molecule has 0 bridgehead atoms. The molecule has 2 aromatic rings. The first kappa shape index (κ1) is 16.2. The Hall–Kier alpha value is -2.14. The van der Waals surface area contributed by atoms with E-state index in [1.165, 1.54) is 6.07 Å². The second-order valence-electron chi connectivity index (χ2n) is 4.77. The molecule has 0 aliphatic carbocycles. The molecule has 0 saturated heterocycles. The molecule has 0 aromatic heterocycles. The summed E-state index contributed by atoms with van der Waals surface area (Å²) in [6.45, 7) is 3.51. The third-order valence-corrected chi connectivity index (χ3v) is 3.17. The van der Waals surface area contributed by atoms with Crippen LogP contribution in [0.15, 0.2) is 36.4 Å². The number of benzene rings is 2. The zero-order chi connectivity index (χ0) is 15.9. The summed E-state index contributed by atoms with van der Waals surface area (Å²) in [7, 11) is 1.60. The summed E-state index contributed by atoms with van der Waals surface area (Å²) in [5, 5.41) is 3.19. The second-order valence-corrected chi connectivity index (χ2v) is 4.77. The van der Waals surface area contributed by atoms with Gasteiger partial charge in [0.25, 0.3) is 0 Å². The molecule has 118 valence electrons. The highest BCUT2D eigenvalue weighted by atomic mass is 19.2. The summed E-state index contributed by atoms with van der Waals surface area (Å²) in [5.41, 5.74) is 1.71. The Morgan fingerprint density at radius 1 is 0.909 bits per heavy atom. The van der Waals surface area contributed by atoms with Crippen LogP contribution in [0.2, 0.25) is 0 Å². The molecular weight excluding hydrogens is 288 g/mol. The quantitative estimate of drug-likeness (QED) is 0.847. The van der Waals surface area contributed by atoms with Crippen molar-refractivity contribution in [2.75, 3.05) is 13.7 Å². The number of halogens is 2. The molecular formula is C17H19F2NO2. The van der Waals surface area contributed by atoms with E-state index in [1.54, 1.807) is 13.2 Å². The van der Waals surface area contributed by atoms with E-state index in [9.17, 15) is 8.78 Å². The molecule has 0 heterocycles. The van der Waals surface area contributed by atoms with Gasteiger partial charge in [-0.05, 0) is 42.3 Å². The van der Waals surface area contributed by atoms with Crippen molar-refractivity contribution in [1.29, 1.82) is 0 Å². The number of nitrogens with one attached hydrogen (secondary N) is 1. The van der Waals surface area contributed by atoms with Crippen molar-refractivity contribution in [3.05, 3.63) is 59.2 Å². The Morgan fingerprint density at radius 3 is 2.23 bits per heavy atom. The average Bonchev–Trinajstić information content (AvgIpc) is 2.51. The Morgan fingerprint density at radius 2 is 1.59 bits per heavy atom. The van der Waals surface area contributed by atoms with Gasteiger partial charge in [-0.3, -0.25) is 0 Å². The number of rotatable bonds is 7. The van der Waals surface area contributed by atoms with E-state index in [0.717, 1.165) is 11.6 Å². The van der Waals surface area contributed by atoms with Gasteiger partial charge in [0.05, 0.1) is 13.7 Å². The lowest BCUT2D eigenvalue weighted by Crippen LogP contribution is -2.13. The molecule has 0 amide bonds. The summed E-state index contributed by atoms with van der Waals surface area (Å²) in [5.74, 6) is -0.286. The maximum absolute atomic E-state index is 13.1. The number of hydrogen-bond donors (Lipinski definition) is 1. The fraction of sp³-hybridized carbons (Fsp3) is 0.294. The highest BCUT2D eigenvalue weighted by molar-refractivity contribution is 5.42. The van der Waals surface area contributed by atoms with Gasteiger partial charge in [0.15, 0.2) is 23.1 Å². The Labute approximate surface area is 128 Å². The summed E-state index contributed by atoms with van der Waals surface area (Å²) in [4.78, 5) is 0. The van der Waals surface area contributed by atoms with Gasteiger partial charge < -0.3 is 14.8 Å². The van der Waals surface area contributed by atoms with E-state index in [-0.39, 0.29) is 0 Å². The van der Waals surface area contributed by atoms with Crippen molar-refractivity contribution in [3.63, 3.8) is 0 Å². The minimum Gasteiger partial charge on any atom is -0.493 e. The molecule has 0 radical (unpaired) electrons. The largest absolute Gasteiger partial charge is 0.493 e. The standard InChI is InChI=1S/C17H19F2NO2/c1-3-22-17-9-13(5-7-16(17)21-2)11-20-10-12-4-6-14(18)15(19)8-12/h4-9,20H,3,10-11H2,1-2H3. The molecule has 3 nitrogen and oxygen atoms in total. The minimum absolute atomic E-state index is 0.452. The summed E-state index contributed by atoms with van der Waals surface area (Å²) in [6, 6.07) is 9.57. The predicted octanol–water partition coefficient (Wildman–Crippen LogP) is 3.66. The molecule has 5 heteroatoms. The number of methoxy groups -OCH3 is 1. The first-order valence-electron chi connectivity index (χ1n) is 7.08. The third kappa shape index (κ3) is 4.18. The fourth-order valence-corrected chi connectivity index (χ4v) is 2.10. The van der Waals surface area contributed by atoms with Gasteiger partial charge in [0.2, 0.25) is 0 Å². The van der Waals surface area contributed by atoms with Gasteiger partial charge in [-0.25, -0.2) is 8.78 Å². The zero-order valence-electron chi connectivity index (χ0n) is 12.7. The van der Waals surface area contributed by atoms with Crippen LogP contribution in [-0.4, -0.2) is 13.7 Å². The lowest BCUT2D eigenvalue weighted by molar-refractivity contribution is 0.310. The maximum Gasteiger partial charge on any atom is 0.161 e. The second kappa shape index (κ2) is 7.75. The van der Waals surface area contributed by atoms with Crippen LogP contribution < -0.4 is 14.8 Å². The predicted molar refractivity (Wildman–Crippen MR) is 81.1 cm³/mol. The van der Waals surface area contributed by atoms with E-state index < -0.39 is 11.6 Å². The zero-order valence-corrected chi connectivity index (χ0v) is 12.7. The molecule has 0 saturated carbocycles. The van der Waals surface area contributed by atoms with E-state index >= 15 is 0 Å². The molecule has 0 aliphatic heterocycles. The Bertz CT molecular complexity index is 632. The van der Waals surface area contributed by atoms with Crippen LogP contribution >= 0.6 is 0 Å². The molecule has 1 N–H and O–H groups in total. The molecule has 0 unspecified atom stereocenters. The van der Waals surface area contributed by atoms with Gasteiger partial charge >= 0.3 is 0 Å². The molecule has 0 atom stereocenters. The minimum atomic E-state index is -0.833. The highest BCUT2D eigenvalue weighted by Crippen LogP contribution is 2.28. The molecule has 0 fully saturated rings. The van der Waals surface area contributed by atoms with Gasteiger partial charge in [-0.1, -0.05) is 12.1 Å². The van der Waals surface area contributed by atoms with Crippen LogP contribution in [0.4, 0.5) is 8.78 Å². The van der Waals surface area contributed by atoms with Crippen LogP contribution in [-0.2, 0) is 13.1 Å². The lowest BCUT2D eigenvalue weighted by atomic mass is 10.1. The third-order valence-electron chi connectivity index (χ3n) is 3.17. The van der Waals surface area contributed by atoms with Crippen molar-refractivity contribution in [3.8, 4) is 11.5 Å². The summed E-state index contributed by atoms with van der Waals surface area (Å²) >= 11 is 0. The van der Waals surface area contributed by atoms with Crippen LogP contribution in [0, 0.1) is 11.6 Å². The van der Waals surface area contributed by atoms with Crippen molar-refractivity contribution in [2.24, 2.45) is 0 Å². The highest BCUT2D eigenvalue weighted by Gasteiger charge is 2.06. The first-order valence-corrected chi connectivity index (χ1v) is 7.08. The van der Waals surface area contributed by atoms with E-state index in [4.69, 9.17) is 9.47 Å². The monoisotopic (exact) mass is 307 g/mol. The molecule has 0 aliphatic rings. The summed E-state index contributed by atoms with van der Waals surface area (Å²) < 4.78 is 36.7. The van der Waals surface area contributed by atoms with Crippen molar-refractivity contribution < 1.29 is 18.3 Å². The maximum atomic E-state index is 13.1. The van der Waals surface area contributed by atoms with Crippen LogP contribution in [0.25, 0.3) is 0 Å². The molecule has 22 heavy (non-hydrogen) atoms. The molecule has 2 rings (SSSR count). The topological polar surface area (TPSA) is 30.5 Å². The van der Waals surface area contributed by atoms with Crippen molar-refractivity contribution in [1.82, 2.24) is 5.32 Å². The smallest absolute Gasteiger partial charge is 0.161 e. The normalized spacial score (nSPS) is 10.5. The van der Waals surface area contributed by atoms with Crippen LogP contribution in [0.5, 0.6) is 11.5 Å². The number of hydrogen-bond acceptors (Lipinski definition) is 3. The first-order chi connectivity index (χ1) is 10.6. The van der Waals surface area contributed by atoms with E-state index in [0.29, 0.717) is 36.8 Å².